The average Bonchev–Trinajstić information content (AvgIpc) is 1.99. The molecule has 0 radical (unpaired) electrons. The molecule has 0 atom stereocenters. The van der Waals surface area contributed by atoms with E-state index in [4.69, 9.17) is 5.41 Å². The van der Waals surface area contributed by atoms with Crippen LogP contribution in [0, 0.1) is 18.2 Å². The molecule has 15 heavy (non-hydrogen) atoms. The third-order valence-corrected chi connectivity index (χ3v) is 1.92. The molecule has 0 aliphatic carbocycles. The summed E-state index contributed by atoms with van der Waals surface area (Å²) in [5, 5.41) is 9.96. The summed E-state index contributed by atoms with van der Waals surface area (Å²) in [7, 11) is 0. The molecule has 0 aliphatic heterocycles. The quantitative estimate of drug-likeness (QED) is 0.721. The minimum absolute atomic E-state index is 0.0938. The van der Waals surface area contributed by atoms with E-state index < -0.39 is 5.82 Å². The van der Waals surface area contributed by atoms with E-state index in [0.717, 1.165) is 0 Å². The van der Waals surface area contributed by atoms with Crippen molar-refractivity contribution in [3.8, 4) is 0 Å². The Morgan fingerprint density at radius 3 is 2.47 bits per heavy atom. The SMILES string of the molecule is CC(=N)c1c(F)cc(C)cc1NC(C)=O. The summed E-state index contributed by atoms with van der Waals surface area (Å²) < 4.78 is 13.5. The van der Waals surface area contributed by atoms with Crippen molar-refractivity contribution in [2.75, 3.05) is 5.32 Å². The fourth-order valence-corrected chi connectivity index (χ4v) is 1.41. The zero-order valence-electron chi connectivity index (χ0n) is 8.94. The zero-order chi connectivity index (χ0) is 11.6. The van der Waals surface area contributed by atoms with Crippen LogP contribution in [-0.2, 0) is 4.79 Å². The first-order valence-electron chi connectivity index (χ1n) is 4.55. The molecule has 0 heterocycles. The van der Waals surface area contributed by atoms with Crippen LogP contribution in [0.1, 0.15) is 25.0 Å². The van der Waals surface area contributed by atoms with Gasteiger partial charge in [-0.3, -0.25) is 4.79 Å². The summed E-state index contributed by atoms with van der Waals surface area (Å²) in [6, 6.07) is 3.00. The molecular weight excluding hydrogens is 195 g/mol. The molecule has 1 aromatic carbocycles. The van der Waals surface area contributed by atoms with Crippen molar-refractivity contribution in [1.29, 1.82) is 5.41 Å². The second kappa shape index (κ2) is 4.21. The smallest absolute Gasteiger partial charge is 0.221 e. The fraction of sp³-hybridized carbons (Fsp3) is 0.273. The molecule has 1 rings (SSSR count). The predicted molar refractivity (Wildman–Crippen MR) is 57.9 cm³/mol. The number of rotatable bonds is 2. The van der Waals surface area contributed by atoms with Gasteiger partial charge in [-0.25, -0.2) is 4.39 Å². The van der Waals surface area contributed by atoms with Gasteiger partial charge >= 0.3 is 0 Å². The zero-order valence-corrected chi connectivity index (χ0v) is 8.94. The number of carbonyl (C=O) groups is 1. The molecule has 0 saturated heterocycles. The van der Waals surface area contributed by atoms with Crippen LogP contribution in [-0.4, -0.2) is 11.6 Å². The Morgan fingerprint density at radius 2 is 2.00 bits per heavy atom. The topological polar surface area (TPSA) is 53.0 Å². The van der Waals surface area contributed by atoms with Crippen molar-refractivity contribution in [3.63, 3.8) is 0 Å². The molecule has 0 aliphatic rings. The van der Waals surface area contributed by atoms with E-state index in [1.165, 1.54) is 19.9 Å². The van der Waals surface area contributed by atoms with E-state index in [1.54, 1.807) is 13.0 Å². The van der Waals surface area contributed by atoms with Crippen LogP contribution < -0.4 is 5.32 Å². The molecule has 80 valence electrons. The van der Waals surface area contributed by atoms with Crippen molar-refractivity contribution in [2.45, 2.75) is 20.8 Å². The van der Waals surface area contributed by atoms with Gasteiger partial charge in [-0.15, -0.1) is 0 Å². The second-order valence-electron chi connectivity index (χ2n) is 3.48. The van der Waals surface area contributed by atoms with Crippen LogP contribution in [0.25, 0.3) is 0 Å². The van der Waals surface area contributed by atoms with Crippen molar-refractivity contribution in [2.24, 2.45) is 0 Å². The van der Waals surface area contributed by atoms with Gasteiger partial charge in [0.15, 0.2) is 0 Å². The number of halogens is 1. The van der Waals surface area contributed by atoms with Crippen LogP contribution in [0.2, 0.25) is 0 Å². The highest BCUT2D eigenvalue weighted by Crippen LogP contribution is 2.21. The lowest BCUT2D eigenvalue weighted by atomic mass is 10.1. The van der Waals surface area contributed by atoms with E-state index >= 15 is 0 Å². The molecule has 2 N–H and O–H groups in total. The first kappa shape index (κ1) is 11.4. The molecule has 0 spiro atoms. The number of aryl methyl sites for hydroxylation is 1. The number of anilines is 1. The van der Waals surface area contributed by atoms with Gasteiger partial charge < -0.3 is 10.7 Å². The van der Waals surface area contributed by atoms with E-state index in [0.29, 0.717) is 11.3 Å². The van der Waals surface area contributed by atoms with E-state index in [1.807, 2.05) is 0 Å². The third kappa shape index (κ3) is 2.62. The molecule has 1 amide bonds. The maximum Gasteiger partial charge on any atom is 0.221 e. The van der Waals surface area contributed by atoms with Crippen LogP contribution in [0.3, 0.4) is 0 Å². The van der Waals surface area contributed by atoms with Crippen molar-refractivity contribution >= 4 is 17.3 Å². The van der Waals surface area contributed by atoms with Gasteiger partial charge in [0.25, 0.3) is 0 Å². The maximum atomic E-state index is 13.5. The van der Waals surface area contributed by atoms with E-state index in [9.17, 15) is 9.18 Å². The maximum absolute atomic E-state index is 13.5. The Kier molecular flexibility index (Phi) is 3.19. The van der Waals surface area contributed by atoms with Crippen molar-refractivity contribution < 1.29 is 9.18 Å². The lowest BCUT2D eigenvalue weighted by Gasteiger charge is -2.11. The summed E-state index contributed by atoms with van der Waals surface area (Å²) in [6.07, 6.45) is 0. The van der Waals surface area contributed by atoms with Gasteiger partial charge in [0, 0.05) is 12.6 Å². The molecule has 0 aromatic heterocycles. The van der Waals surface area contributed by atoms with E-state index in [2.05, 4.69) is 5.32 Å². The van der Waals surface area contributed by atoms with Crippen molar-refractivity contribution in [3.05, 3.63) is 29.1 Å². The lowest BCUT2D eigenvalue weighted by Crippen LogP contribution is -2.11. The summed E-state index contributed by atoms with van der Waals surface area (Å²) in [5.74, 6) is -0.756. The van der Waals surface area contributed by atoms with Gasteiger partial charge in [0.05, 0.1) is 11.3 Å². The summed E-state index contributed by atoms with van der Waals surface area (Å²) in [4.78, 5) is 10.9. The molecule has 4 heteroatoms. The largest absolute Gasteiger partial charge is 0.326 e. The van der Waals surface area contributed by atoms with Gasteiger partial charge in [0.2, 0.25) is 5.91 Å². The Bertz CT molecular complexity index is 427. The van der Waals surface area contributed by atoms with Gasteiger partial charge in [0.1, 0.15) is 5.82 Å². The summed E-state index contributed by atoms with van der Waals surface area (Å²) >= 11 is 0. The number of nitrogens with one attached hydrogen (secondary N) is 2. The summed E-state index contributed by atoms with van der Waals surface area (Å²) in [6.45, 7) is 4.57. The molecule has 0 fully saturated rings. The Labute approximate surface area is 87.8 Å². The van der Waals surface area contributed by atoms with Gasteiger partial charge in [-0.2, -0.15) is 0 Å². The first-order chi connectivity index (χ1) is 6.91. The molecular formula is C11H13FN2O. The van der Waals surface area contributed by atoms with E-state index in [-0.39, 0.29) is 17.2 Å². The van der Waals surface area contributed by atoms with Crippen molar-refractivity contribution in [1.82, 2.24) is 0 Å². The summed E-state index contributed by atoms with van der Waals surface area (Å²) in [5.41, 5.74) is 1.31. The van der Waals surface area contributed by atoms with Crippen LogP contribution >= 0.6 is 0 Å². The predicted octanol–water partition coefficient (Wildman–Crippen LogP) is 2.48. The number of hydrogen-bond acceptors (Lipinski definition) is 2. The Balaban J connectivity index is 3.33. The van der Waals surface area contributed by atoms with Gasteiger partial charge in [-0.1, -0.05) is 0 Å². The van der Waals surface area contributed by atoms with Crippen LogP contribution in [0.15, 0.2) is 12.1 Å². The highest BCUT2D eigenvalue weighted by molar-refractivity contribution is 6.04. The fourth-order valence-electron chi connectivity index (χ4n) is 1.41. The van der Waals surface area contributed by atoms with Crippen LogP contribution in [0.4, 0.5) is 10.1 Å². The number of hydrogen-bond donors (Lipinski definition) is 2. The van der Waals surface area contributed by atoms with Crippen LogP contribution in [0.5, 0.6) is 0 Å². The Hall–Kier alpha value is -1.71. The number of carbonyl (C=O) groups excluding carboxylic acids is 1. The highest BCUT2D eigenvalue weighted by atomic mass is 19.1. The molecule has 0 unspecified atom stereocenters. The number of amides is 1. The molecule has 3 nitrogen and oxygen atoms in total. The highest BCUT2D eigenvalue weighted by Gasteiger charge is 2.12. The average molecular weight is 208 g/mol. The lowest BCUT2D eigenvalue weighted by molar-refractivity contribution is -0.114. The van der Waals surface area contributed by atoms with Gasteiger partial charge in [-0.05, 0) is 31.5 Å². The molecule has 1 aromatic rings. The first-order valence-corrected chi connectivity index (χ1v) is 4.55. The molecule has 0 saturated carbocycles. The monoisotopic (exact) mass is 208 g/mol. The number of benzene rings is 1. The second-order valence-corrected chi connectivity index (χ2v) is 3.48. The minimum atomic E-state index is -0.480. The minimum Gasteiger partial charge on any atom is -0.326 e. The molecule has 0 bridgehead atoms. The third-order valence-electron chi connectivity index (χ3n) is 1.92. The standard InChI is InChI=1S/C11H13FN2O/c1-6-4-9(12)11(7(2)13)10(5-6)14-8(3)15/h4-5,13H,1-3H3,(H,14,15). The normalized spacial score (nSPS) is 9.87. The Morgan fingerprint density at radius 1 is 1.40 bits per heavy atom.